The van der Waals surface area contributed by atoms with Crippen LogP contribution in [0.3, 0.4) is 0 Å². The summed E-state index contributed by atoms with van der Waals surface area (Å²) in [6.07, 6.45) is 10.4. The molecule has 1 atom stereocenters. The van der Waals surface area contributed by atoms with E-state index in [1.165, 1.54) is 26.4 Å². The molecule has 6 rings (SSSR count). The van der Waals surface area contributed by atoms with Gasteiger partial charge in [-0.15, -0.1) is 0 Å². The highest BCUT2D eigenvalue weighted by molar-refractivity contribution is 7.87. The molecule has 0 bridgehead atoms. The number of methoxy groups -OCH3 is 2. The van der Waals surface area contributed by atoms with Gasteiger partial charge in [0.05, 0.1) is 31.6 Å². The van der Waals surface area contributed by atoms with Crippen molar-refractivity contribution >= 4 is 85.1 Å². The zero-order chi connectivity index (χ0) is 48.8. The Balaban J connectivity index is 1.50. The first-order valence-corrected chi connectivity index (χ1v) is 26.0. The maximum atomic E-state index is 12.5. The highest BCUT2D eigenvalue weighted by Crippen LogP contribution is 2.54. The lowest BCUT2D eigenvalue weighted by molar-refractivity contribution is -0.438. The molecular weight excluding hydrogens is 941 g/mol. The van der Waals surface area contributed by atoms with Crippen molar-refractivity contribution in [3.05, 3.63) is 95.7 Å². The molecule has 2 aliphatic heterocycles. The van der Waals surface area contributed by atoms with Crippen molar-refractivity contribution in [1.82, 2.24) is 0 Å². The van der Waals surface area contributed by atoms with Crippen LogP contribution in [0.15, 0.2) is 104 Å². The number of hydrogen-bond acceptors (Lipinski definition) is 16. The largest absolute Gasteiger partial charge is 0.744 e. The van der Waals surface area contributed by atoms with E-state index in [4.69, 9.17) is 9.47 Å². The normalized spacial score (nSPS) is 18.4. The number of ether oxygens (including phenoxy) is 2. The Hall–Kier alpha value is -4.88. The lowest BCUT2D eigenvalue weighted by Gasteiger charge is -2.30. The van der Waals surface area contributed by atoms with Crippen LogP contribution < -0.4 is 4.90 Å². The summed E-state index contributed by atoms with van der Waals surface area (Å²) in [4.78, 5) is 9.61. The summed E-state index contributed by atoms with van der Waals surface area (Å²) < 4.78 is 161. The highest BCUT2D eigenvalue weighted by atomic mass is 32.2. The fraction of sp³-hybridized carbons (Fsp3) is 0.364. The minimum atomic E-state index is -5.27. The highest BCUT2D eigenvalue weighted by Gasteiger charge is 2.47. The van der Waals surface area contributed by atoms with Crippen molar-refractivity contribution in [2.45, 2.75) is 83.3 Å². The second kappa shape index (κ2) is 18.7. The van der Waals surface area contributed by atoms with Crippen LogP contribution in [0.1, 0.15) is 64.0 Å². The Morgan fingerprint density at radius 2 is 1.26 bits per heavy atom. The van der Waals surface area contributed by atoms with Gasteiger partial charge in [-0.1, -0.05) is 24.3 Å². The Bertz CT molecular complexity index is 3230. The number of nitrogens with zero attached hydrogens (tertiary/aromatic N) is 2. The summed E-state index contributed by atoms with van der Waals surface area (Å²) in [6, 6.07) is 9.27. The minimum absolute atomic E-state index is 0.0384. The Labute approximate surface area is 383 Å². The van der Waals surface area contributed by atoms with E-state index in [1.807, 2.05) is 30.2 Å². The quantitative estimate of drug-likeness (QED) is 0.0554. The first-order valence-electron chi connectivity index (χ1n) is 20.4. The standard InChI is InChI=1S/C44H50N2O16S4/c1-43(2)38(45(20-11-7-10-14-40(47)48)34-17-15-30-32(41(34)43)24-28(63(49,50)51)26-36(30)65(55,56)57)12-8-6-9-13-39-44(3,19-22-61-4)42-33-25-29(64(52,53)54)27-37(66(58,59)60)31(33)16-18-35(42)46(39)21-23-62-5/h6,8-9,12-13,15-18,24-27H,7,10-11,14,19-23H2,1-5H3,(H4-,47,48,49,50,51,52,53,54,55,56,57,58,59,60)/p-3. The van der Waals surface area contributed by atoms with E-state index in [-0.39, 0.29) is 54.1 Å². The molecule has 66 heavy (non-hydrogen) atoms. The number of allylic oxidation sites excluding steroid dienone is 6. The predicted molar refractivity (Wildman–Crippen MR) is 238 cm³/mol. The topological polar surface area (TPSA) is 291 Å². The van der Waals surface area contributed by atoms with E-state index < -0.39 is 76.9 Å². The first kappa shape index (κ1) is 50.5. The van der Waals surface area contributed by atoms with Crippen LogP contribution in [0.2, 0.25) is 0 Å². The third-order valence-corrected chi connectivity index (χ3v) is 15.5. The van der Waals surface area contributed by atoms with Crippen LogP contribution in [0.25, 0.3) is 21.5 Å². The Morgan fingerprint density at radius 3 is 1.79 bits per heavy atom. The van der Waals surface area contributed by atoms with Crippen LogP contribution in [0, 0.1) is 0 Å². The van der Waals surface area contributed by atoms with Gasteiger partial charge in [0, 0.05) is 80.1 Å². The number of aliphatic carboxylic acids is 1. The SMILES string of the molecule is COCCN1/C(=C/C=C/C=C/C2=[N+](CCCCCC(=O)O)c3ccc4c(S(=O)(=O)[O-])cc(S(=O)(=O)[O-])cc4c3C2(C)C)C(C)(CCOC)c2c1ccc1c(S(=O)(=O)[O-])cc(S(=O)(=O)[O-])cc21. The number of rotatable bonds is 19. The summed E-state index contributed by atoms with van der Waals surface area (Å²) in [7, 11) is -18.0. The van der Waals surface area contributed by atoms with Crippen molar-refractivity contribution in [1.29, 1.82) is 0 Å². The lowest BCUT2D eigenvalue weighted by atomic mass is 9.76. The van der Waals surface area contributed by atoms with Gasteiger partial charge in [0.2, 0.25) is 5.69 Å². The van der Waals surface area contributed by atoms with Crippen molar-refractivity contribution in [3.63, 3.8) is 0 Å². The average molecular weight is 988 g/mol. The molecule has 0 saturated heterocycles. The van der Waals surface area contributed by atoms with Gasteiger partial charge in [-0.3, -0.25) is 4.79 Å². The van der Waals surface area contributed by atoms with Gasteiger partial charge in [-0.25, -0.2) is 33.7 Å². The second-order valence-corrected chi connectivity index (χ2v) is 22.1. The van der Waals surface area contributed by atoms with Crippen LogP contribution in [0.5, 0.6) is 0 Å². The summed E-state index contributed by atoms with van der Waals surface area (Å²) >= 11 is 0. The number of benzene rings is 4. The second-order valence-electron chi connectivity index (χ2n) is 16.7. The fourth-order valence-electron chi connectivity index (χ4n) is 9.14. The summed E-state index contributed by atoms with van der Waals surface area (Å²) in [6.45, 7) is 6.48. The molecule has 0 aromatic heterocycles. The molecular formula is C44H47N2O16S4-3. The van der Waals surface area contributed by atoms with Gasteiger partial charge in [0.25, 0.3) is 0 Å². The summed E-state index contributed by atoms with van der Waals surface area (Å²) in [5.41, 5.74) is 1.23. The molecule has 2 heterocycles. The van der Waals surface area contributed by atoms with Crippen LogP contribution >= 0.6 is 0 Å². The van der Waals surface area contributed by atoms with E-state index in [1.54, 1.807) is 42.5 Å². The monoisotopic (exact) mass is 987 g/mol. The first-order chi connectivity index (χ1) is 30.7. The van der Waals surface area contributed by atoms with E-state index in [2.05, 4.69) is 0 Å². The van der Waals surface area contributed by atoms with E-state index in [0.29, 0.717) is 71.9 Å². The smallest absolute Gasteiger partial charge is 0.303 e. The molecule has 0 aliphatic carbocycles. The van der Waals surface area contributed by atoms with Crippen LogP contribution in [-0.4, -0.2) is 114 Å². The molecule has 0 fully saturated rings. The zero-order valence-corrected chi connectivity index (χ0v) is 39.7. The number of carboxylic acid groups (broad SMARTS) is 1. The molecule has 4 aromatic carbocycles. The molecule has 356 valence electrons. The number of unbranched alkanes of at least 4 members (excludes halogenated alkanes) is 2. The molecule has 0 saturated carbocycles. The third-order valence-electron chi connectivity index (χ3n) is 12.1. The molecule has 0 spiro atoms. The zero-order valence-electron chi connectivity index (χ0n) is 36.5. The summed E-state index contributed by atoms with van der Waals surface area (Å²) in [5, 5.41) is 9.18. The predicted octanol–water partition coefficient (Wildman–Crippen LogP) is 5.09. The van der Waals surface area contributed by atoms with Crippen molar-refractivity contribution in [2.75, 3.05) is 45.4 Å². The third kappa shape index (κ3) is 9.89. The average Bonchev–Trinajstić information content (AvgIpc) is 3.58. The lowest BCUT2D eigenvalue weighted by Crippen LogP contribution is -2.31. The number of anilines is 1. The van der Waals surface area contributed by atoms with Crippen molar-refractivity contribution in [2.24, 2.45) is 0 Å². The van der Waals surface area contributed by atoms with E-state index >= 15 is 0 Å². The van der Waals surface area contributed by atoms with Gasteiger partial charge in [-0.2, -0.15) is 4.58 Å². The molecule has 4 aromatic rings. The van der Waals surface area contributed by atoms with Gasteiger partial charge >= 0.3 is 5.97 Å². The number of fused-ring (bicyclic) bond motifs is 6. The Morgan fingerprint density at radius 1 is 0.697 bits per heavy atom. The molecule has 1 unspecified atom stereocenters. The van der Waals surface area contributed by atoms with Gasteiger partial charge in [0.1, 0.15) is 47.0 Å². The number of carboxylic acids is 1. The van der Waals surface area contributed by atoms with Crippen LogP contribution in [0.4, 0.5) is 11.4 Å². The molecule has 22 heteroatoms. The van der Waals surface area contributed by atoms with E-state index in [9.17, 15) is 61.8 Å². The molecule has 18 nitrogen and oxygen atoms in total. The number of hydrogen-bond donors (Lipinski definition) is 1. The maximum absolute atomic E-state index is 12.5. The molecule has 1 N–H and O–H groups in total. The van der Waals surface area contributed by atoms with Crippen LogP contribution in [-0.2, 0) is 65.6 Å². The van der Waals surface area contributed by atoms with Gasteiger partial charge in [-0.05, 0) is 104 Å². The van der Waals surface area contributed by atoms with Crippen molar-refractivity contribution in [3.8, 4) is 0 Å². The minimum Gasteiger partial charge on any atom is -0.744 e. The number of carbonyl (C=O) groups is 1. The molecule has 2 aliphatic rings. The van der Waals surface area contributed by atoms with Gasteiger partial charge in [0.15, 0.2) is 5.71 Å². The summed E-state index contributed by atoms with van der Waals surface area (Å²) in [5.74, 6) is -0.942. The molecule has 0 radical (unpaired) electrons. The Kier molecular flexibility index (Phi) is 14.3. The van der Waals surface area contributed by atoms with E-state index in [0.717, 1.165) is 12.1 Å². The fourth-order valence-corrected chi connectivity index (χ4v) is 11.8. The molecule has 0 amide bonds. The van der Waals surface area contributed by atoms with Crippen molar-refractivity contribution < 1.29 is 75.8 Å². The maximum Gasteiger partial charge on any atom is 0.303 e. The van der Waals surface area contributed by atoms with Gasteiger partial charge < -0.3 is 37.7 Å².